The minimum atomic E-state index is -0.595. The van der Waals surface area contributed by atoms with Crippen molar-refractivity contribution in [2.24, 2.45) is 0 Å². The van der Waals surface area contributed by atoms with Crippen LogP contribution in [0.3, 0.4) is 0 Å². The lowest BCUT2D eigenvalue weighted by Crippen LogP contribution is -2.23. The maximum Gasteiger partial charge on any atom is 0.344 e. The van der Waals surface area contributed by atoms with Gasteiger partial charge in [0.2, 0.25) is 0 Å². The Morgan fingerprint density at radius 3 is 2.19 bits per heavy atom. The number of benzene rings is 2. The molecular weight excluding hydrogens is 332 g/mol. The first-order chi connectivity index (χ1) is 12.5. The zero-order chi connectivity index (χ0) is 18.9. The predicted molar refractivity (Wildman–Crippen MR) is 102 cm³/mol. The molecule has 2 rings (SSSR count). The topological polar surface area (TPSA) is 67.9 Å². The SMILES string of the molecule is CCc1ccc(OCC(=O)OCC(=O)Nc2ccc(N(C)C)cc2)cc1. The van der Waals surface area contributed by atoms with Gasteiger partial charge in [-0.25, -0.2) is 4.79 Å². The van der Waals surface area contributed by atoms with Gasteiger partial charge in [0, 0.05) is 25.5 Å². The number of ether oxygens (including phenoxy) is 2. The van der Waals surface area contributed by atoms with Crippen LogP contribution in [0.2, 0.25) is 0 Å². The van der Waals surface area contributed by atoms with Gasteiger partial charge in [0.1, 0.15) is 5.75 Å². The number of hydrogen-bond donors (Lipinski definition) is 1. The van der Waals surface area contributed by atoms with Crippen molar-refractivity contribution in [1.82, 2.24) is 0 Å². The molecule has 0 heterocycles. The highest BCUT2D eigenvalue weighted by atomic mass is 16.6. The number of carbonyl (C=O) groups is 2. The van der Waals surface area contributed by atoms with Crippen LogP contribution < -0.4 is 15.0 Å². The first kappa shape index (κ1) is 19.3. The maximum absolute atomic E-state index is 11.8. The Bertz CT molecular complexity index is 724. The number of rotatable bonds is 8. The van der Waals surface area contributed by atoms with Crippen LogP contribution in [0.15, 0.2) is 48.5 Å². The van der Waals surface area contributed by atoms with Crippen molar-refractivity contribution in [2.75, 3.05) is 37.5 Å². The second kappa shape index (κ2) is 9.46. The molecule has 0 aliphatic carbocycles. The summed E-state index contributed by atoms with van der Waals surface area (Å²) in [6.45, 7) is 1.47. The molecular formula is C20H24N2O4. The zero-order valence-corrected chi connectivity index (χ0v) is 15.3. The van der Waals surface area contributed by atoms with Gasteiger partial charge in [-0.1, -0.05) is 19.1 Å². The van der Waals surface area contributed by atoms with Crippen LogP contribution in [0.5, 0.6) is 5.75 Å². The van der Waals surface area contributed by atoms with E-state index < -0.39 is 11.9 Å². The molecule has 6 nitrogen and oxygen atoms in total. The van der Waals surface area contributed by atoms with E-state index in [1.807, 2.05) is 43.3 Å². The van der Waals surface area contributed by atoms with Crippen LogP contribution in [-0.2, 0) is 20.7 Å². The van der Waals surface area contributed by atoms with E-state index in [-0.39, 0.29) is 13.2 Å². The van der Waals surface area contributed by atoms with Gasteiger partial charge in [0.25, 0.3) is 5.91 Å². The zero-order valence-electron chi connectivity index (χ0n) is 15.3. The van der Waals surface area contributed by atoms with E-state index in [0.29, 0.717) is 11.4 Å². The number of aryl methyl sites for hydroxylation is 1. The number of hydrogen-bond acceptors (Lipinski definition) is 5. The standard InChI is InChI=1S/C20H24N2O4/c1-4-15-5-11-18(12-6-15)25-14-20(24)26-13-19(23)21-16-7-9-17(10-8-16)22(2)3/h5-12H,4,13-14H2,1-3H3,(H,21,23). The summed E-state index contributed by atoms with van der Waals surface area (Å²) in [5, 5.41) is 2.67. The molecule has 0 spiro atoms. The van der Waals surface area contributed by atoms with E-state index in [0.717, 1.165) is 12.1 Å². The number of esters is 1. The molecule has 0 saturated heterocycles. The molecule has 2 aromatic carbocycles. The highest BCUT2D eigenvalue weighted by Crippen LogP contribution is 2.15. The number of carbonyl (C=O) groups excluding carboxylic acids is 2. The van der Waals surface area contributed by atoms with Gasteiger partial charge in [-0.05, 0) is 48.4 Å². The number of anilines is 2. The predicted octanol–water partition coefficient (Wildman–Crippen LogP) is 2.88. The molecule has 0 unspecified atom stereocenters. The normalized spacial score (nSPS) is 10.1. The number of nitrogens with zero attached hydrogens (tertiary/aromatic N) is 1. The molecule has 1 amide bonds. The van der Waals surface area contributed by atoms with Gasteiger partial charge in [0.15, 0.2) is 13.2 Å². The fourth-order valence-corrected chi connectivity index (χ4v) is 2.19. The number of amides is 1. The number of nitrogens with one attached hydrogen (secondary N) is 1. The Hall–Kier alpha value is -3.02. The lowest BCUT2D eigenvalue weighted by Gasteiger charge is -2.13. The molecule has 138 valence electrons. The van der Waals surface area contributed by atoms with E-state index >= 15 is 0 Å². The van der Waals surface area contributed by atoms with Crippen LogP contribution in [0.1, 0.15) is 12.5 Å². The van der Waals surface area contributed by atoms with Crippen LogP contribution in [0.25, 0.3) is 0 Å². The third-order valence-electron chi connectivity index (χ3n) is 3.72. The van der Waals surface area contributed by atoms with Crippen molar-refractivity contribution in [3.63, 3.8) is 0 Å². The highest BCUT2D eigenvalue weighted by molar-refractivity contribution is 5.93. The van der Waals surface area contributed by atoms with E-state index in [2.05, 4.69) is 12.2 Å². The molecule has 1 N–H and O–H groups in total. The molecule has 0 aromatic heterocycles. The van der Waals surface area contributed by atoms with Gasteiger partial charge in [-0.15, -0.1) is 0 Å². The van der Waals surface area contributed by atoms with Crippen LogP contribution >= 0.6 is 0 Å². The molecule has 0 radical (unpaired) electrons. The van der Waals surface area contributed by atoms with E-state index in [9.17, 15) is 9.59 Å². The third-order valence-corrected chi connectivity index (χ3v) is 3.72. The van der Waals surface area contributed by atoms with Gasteiger partial charge < -0.3 is 19.7 Å². The summed E-state index contributed by atoms with van der Waals surface area (Å²) < 4.78 is 10.3. The van der Waals surface area contributed by atoms with Crippen LogP contribution in [-0.4, -0.2) is 39.2 Å². The quantitative estimate of drug-likeness (QED) is 0.737. The smallest absolute Gasteiger partial charge is 0.344 e. The maximum atomic E-state index is 11.8. The first-order valence-corrected chi connectivity index (χ1v) is 8.42. The fourth-order valence-electron chi connectivity index (χ4n) is 2.19. The van der Waals surface area contributed by atoms with Gasteiger partial charge in [0.05, 0.1) is 0 Å². The van der Waals surface area contributed by atoms with Crippen LogP contribution in [0, 0.1) is 0 Å². The molecule has 0 aliphatic heterocycles. The second-order valence-corrected chi connectivity index (χ2v) is 5.94. The Morgan fingerprint density at radius 1 is 0.962 bits per heavy atom. The molecule has 2 aromatic rings. The monoisotopic (exact) mass is 356 g/mol. The minimum Gasteiger partial charge on any atom is -0.482 e. The summed E-state index contributed by atoms with van der Waals surface area (Å²) in [7, 11) is 3.88. The summed E-state index contributed by atoms with van der Waals surface area (Å²) in [5.41, 5.74) is 2.86. The Labute approximate surface area is 153 Å². The summed E-state index contributed by atoms with van der Waals surface area (Å²) in [4.78, 5) is 25.5. The average Bonchev–Trinajstić information content (AvgIpc) is 2.65. The summed E-state index contributed by atoms with van der Waals surface area (Å²) in [6, 6.07) is 14.8. The largest absolute Gasteiger partial charge is 0.482 e. The van der Waals surface area contributed by atoms with Crippen molar-refractivity contribution in [1.29, 1.82) is 0 Å². The molecule has 6 heteroatoms. The van der Waals surface area contributed by atoms with Crippen molar-refractivity contribution in [3.8, 4) is 5.75 Å². The van der Waals surface area contributed by atoms with Crippen molar-refractivity contribution < 1.29 is 19.1 Å². The molecule has 0 fully saturated rings. The van der Waals surface area contributed by atoms with Crippen molar-refractivity contribution in [3.05, 3.63) is 54.1 Å². The van der Waals surface area contributed by atoms with E-state index in [1.165, 1.54) is 5.56 Å². The second-order valence-electron chi connectivity index (χ2n) is 5.94. The van der Waals surface area contributed by atoms with Crippen molar-refractivity contribution in [2.45, 2.75) is 13.3 Å². The van der Waals surface area contributed by atoms with E-state index in [4.69, 9.17) is 9.47 Å². The minimum absolute atomic E-state index is 0.240. The first-order valence-electron chi connectivity index (χ1n) is 8.42. The third kappa shape index (κ3) is 6.12. The molecule has 0 aliphatic rings. The molecule has 0 saturated carbocycles. The Kier molecular flexibility index (Phi) is 7.02. The molecule has 0 atom stereocenters. The van der Waals surface area contributed by atoms with Gasteiger partial charge in [-0.3, -0.25) is 4.79 Å². The van der Waals surface area contributed by atoms with E-state index in [1.54, 1.807) is 24.3 Å². The summed E-state index contributed by atoms with van der Waals surface area (Å²) in [5.74, 6) is -0.407. The Morgan fingerprint density at radius 2 is 1.62 bits per heavy atom. The average molecular weight is 356 g/mol. The van der Waals surface area contributed by atoms with Crippen LogP contribution in [0.4, 0.5) is 11.4 Å². The lowest BCUT2D eigenvalue weighted by molar-refractivity contribution is -0.149. The summed E-state index contributed by atoms with van der Waals surface area (Å²) in [6.07, 6.45) is 0.940. The lowest BCUT2D eigenvalue weighted by atomic mass is 10.2. The van der Waals surface area contributed by atoms with Gasteiger partial charge in [-0.2, -0.15) is 0 Å². The molecule has 26 heavy (non-hydrogen) atoms. The van der Waals surface area contributed by atoms with Crippen molar-refractivity contribution >= 4 is 23.3 Å². The highest BCUT2D eigenvalue weighted by Gasteiger charge is 2.09. The molecule has 0 bridgehead atoms. The van der Waals surface area contributed by atoms with Gasteiger partial charge >= 0.3 is 5.97 Å². The Balaban J connectivity index is 1.71. The fraction of sp³-hybridized carbons (Fsp3) is 0.300. The summed E-state index contributed by atoms with van der Waals surface area (Å²) >= 11 is 0.